The van der Waals surface area contributed by atoms with Crippen molar-refractivity contribution in [2.45, 2.75) is 45.6 Å². The van der Waals surface area contributed by atoms with Gasteiger partial charge in [0.05, 0.1) is 6.04 Å². The molecule has 1 atom stereocenters. The van der Waals surface area contributed by atoms with Crippen molar-refractivity contribution >= 4 is 11.8 Å². The van der Waals surface area contributed by atoms with Gasteiger partial charge in [0.1, 0.15) is 0 Å². The highest BCUT2D eigenvalue weighted by Crippen LogP contribution is 2.21. The maximum absolute atomic E-state index is 12.4. The molecule has 0 aromatic heterocycles. The molecule has 2 fully saturated rings. The van der Waals surface area contributed by atoms with Crippen LogP contribution in [0.1, 0.15) is 39.5 Å². The molecule has 0 spiro atoms. The fourth-order valence-electron chi connectivity index (χ4n) is 3.86. The second-order valence-corrected chi connectivity index (χ2v) is 8.37. The van der Waals surface area contributed by atoms with Gasteiger partial charge in [-0.3, -0.25) is 9.59 Å². The van der Waals surface area contributed by atoms with Gasteiger partial charge in [0.25, 0.3) is 0 Å². The highest BCUT2D eigenvalue weighted by atomic mass is 16.2. The molecule has 2 saturated heterocycles. The molecule has 2 amide bonds. The van der Waals surface area contributed by atoms with Crippen LogP contribution in [0.2, 0.25) is 0 Å². The van der Waals surface area contributed by atoms with Crippen LogP contribution in [-0.2, 0) is 9.59 Å². The lowest BCUT2D eigenvalue weighted by atomic mass is 9.91. The largest absolute Gasteiger partial charge is 0.355 e. The summed E-state index contributed by atoms with van der Waals surface area (Å²) < 4.78 is 0. The highest BCUT2D eigenvalue weighted by Gasteiger charge is 2.32. The van der Waals surface area contributed by atoms with Crippen molar-refractivity contribution in [2.75, 3.05) is 46.8 Å². The van der Waals surface area contributed by atoms with E-state index in [1.54, 1.807) is 0 Å². The van der Waals surface area contributed by atoms with Crippen LogP contribution in [0.3, 0.4) is 0 Å². The molecule has 24 heavy (non-hydrogen) atoms. The van der Waals surface area contributed by atoms with E-state index in [1.165, 1.54) is 0 Å². The Bertz CT molecular complexity index is 436. The monoisotopic (exact) mass is 338 g/mol. The van der Waals surface area contributed by atoms with E-state index in [1.807, 2.05) is 4.90 Å². The first kappa shape index (κ1) is 19.2. The van der Waals surface area contributed by atoms with Gasteiger partial charge in [-0.15, -0.1) is 0 Å². The van der Waals surface area contributed by atoms with Crippen LogP contribution < -0.4 is 10.6 Å². The van der Waals surface area contributed by atoms with E-state index >= 15 is 0 Å². The number of carbonyl (C=O) groups is 2. The summed E-state index contributed by atoms with van der Waals surface area (Å²) in [6.45, 7) is 8.32. The van der Waals surface area contributed by atoms with Crippen LogP contribution in [0.5, 0.6) is 0 Å². The molecule has 1 unspecified atom stereocenters. The van der Waals surface area contributed by atoms with Crippen molar-refractivity contribution in [1.29, 1.82) is 0 Å². The summed E-state index contributed by atoms with van der Waals surface area (Å²) in [4.78, 5) is 28.9. The molecule has 0 aromatic carbocycles. The van der Waals surface area contributed by atoms with Gasteiger partial charge in [-0.2, -0.15) is 0 Å². The van der Waals surface area contributed by atoms with Crippen molar-refractivity contribution in [3.05, 3.63) is 0 Å². The predicted octanol–water partition coefficient (Wildman–Crippen LogP) is 0.681. The van der Waals surface area contributed by atoms with E-state index in [-0.39, 0.29) is 29.2 Å². The number of hydrogen-bond donors (Lipinski definition) is 2. The molecule has 138 valence electrons. The number of amides is 2. The summed E-state index contributed by atoms with van der Waals surface area (Å²) >= 11 is 0. The molecule has 2 aliphatic rings. The number of hydrogen-bond acceptors (Lipinski definition) is 4. The fourth-order valence-corrected chi connectivity index (χ4v) is 3.86. The molecule has 2 heterocycles. The normalized spacial score (nSPS) is 22.9. The topological polar surface area (TPSA) is 64.7 Å². The number of piperidine rings is 1. The number of likely N-dealkylation sites (tertiary alicyclic amines) is 1. The highest BCUT2D eigenvalue weighted by molar-refractivity contribution is 5.83. The second-order valence-electron chi connectivity index (χ2n) is 8.37. The van der Waals surface area contributed by atoms with Crippen LogP contribution in [0.25, 0.3) is 0 Å². The average Bonchev–Trinajstić information content (AvgIpc) is 3.05. The molecule has 0 saturated carbocycles. The van der Waals surface area contributed by atoms with Gasteiger partial charge in [-0.25, -0.2) is 0 Å². The van der Waals surface area contributed by atoms with Gasteiger partial charge >= 0.3 is 0 Å². The summed E-state index contributed by atoms with van der Waals surface area (Å²) in [6.07, 6.45) is 3.58. The van der Waals surface area contributed by atoms with Crippen LogP contribution in [-0.4, -0.2) is 74.5 Å². The Balaban J connectivity index is 1.73. The number of nitrogens with one attached hydrogen (secondary N) is 2. The lowest BCUT2D eigenvalue weighted by molar-refractivity contribution is -0.137. The minimum atomic E-state index is 0.00205. The predicted molar refractivity (Wildman–Crippen MR) is 95.7 cm³/mol. The maximum atomic E-state index is 12.4. The van der Waals surface area contributed by atoms with Crippen LogP contribution in [0.15, 0.2) is 0 Å². The van der Waals surface area contributed by atoms with Crippen molar-refractivity contribution in [1.82, 2.24) is 20.4 Å². The summed E-state index contributed by atoms with van der Waals surface area (Å²) in [7, 11) is 4.10. The third-order valence-corrected chi connectivity index (χ3v) is 5.02. The molecular formula is C18H34N4O2. The minimum absolute atomic E-state index is 0.00205. The van der Waals surface area contributed by atoms with E-state index < -0.39 is 0 Å². The molecule has 0 aromatic rings. The third-order valence-electron chi connectivity index (χ3n) is 5.02. The molecule has 6 heteroatoms. The van der Waals surface area contributed by atoms with E-state index in [4.69, 9.17) is 0 Å². The Hall–Kier alpha value is -1.14. The standard InChI is InChI=1S/C18H34N4O2/c1-18(2,13-21(3)4)12-20-16(23)14-7-10-22(11-8-14)17(24)15-6-5-9-19-15/h14-15,19H,5-13H2,1-4H3,(H,20,23). The van der Waals surface area contributed by atoms with Crippen LogP contribution in [0.4, 0.5) is 0 Å². The van der Waals surface area contributed by atoms with Crippen molar-refractivity contribution in [2.24, 2.45) is 11.3 Å². The van der Waals surface area contributed by atoms with E-state index in [0.29, 0.717) is 19.6 Å². The Labute approximate surface area is 146 Å². The first-order valence-electron chi connectivity index (χ1n) is 9.23. The quantitative estimate of drug-likeness (QED) is 0.748. The van der Waals surface area contributed by atoms with Gasteiger partial charge in [-0.05, 0) is 51.7 Å². The van der Waals surface area contributed by atoms with Gasteiger partial charge in [0.15, 0.2) is 0 Å². The number of carbonyl (C=O) groups excluding carboxylic acids is 2. The first-order valence-corrected chi connectivity index (χ1v) is 9.23. The summed E-state index contributed by atoms with van der Waals surface area (Å²) in [5, 5.41) is 6.38. The Morgan fingerprint density at radius 3 is 2.42 bits per heavy atom. The van der Waals surface area contributed by atoms with Crippen molar-refractivity contribution in [3.8, 4) is 0 Å². The lowest BCUT2D eigenvalue weighted by Gasteiger charge is -2.34. The number of rotatable bonds is 6. The molecule has 0 bridgehead atoms. The maximum Gasteiger partial charge on any atom is 0.239 e. The fraction of sp³-hybridized carbons (Fsp3) is 0.889. The van der Waals surface area contributed by atoms with Gasteiger partial charge < -0.3 is 20.4 Å². The zero-order chi connectivity index (χ0) is 17.7. The van der Waals surface area contributed by atoms with Crippen molar-refractivity contribution in [3.63, 3.8) is 0 Å². The number of nitrogens with zero attached hydrogens (tertiary/aromatic N) is 2. The van der Waals surface area contributed by atoms with E-state index in [0.717, 1.165) is 38.8 Å². The van der Waals surface area contributed by atoms with Gasteiger partial charge in [0, 0.05) is 32.1 Å². The Kier molecular flexibility index (Phi) is 6.63. The molecule has 0 radical (unpaired) electrons. The van der Waals surface area contributed by atoms with Gasteiger partial charge in [0.2, 0.25) is 11.8 Å². The van der Waals surface area contributed by atoms with Crippen LogP contribution >= 0.6 is 0 Å². The third kappa shape index (κ3) is 5.45. The zero-order valence-electron chi connectivity index (χ0n) is 15.7. The Morgan fingerprint density at radius 2 is 1.88 bits per heavy atom. The summed E-state index contributed by atoms with van der Waals surface area (Å²) in [5.74, 6) is 0.409. The van der Waals surface area contributed by atoms with E-state index in [9.17, 15) is 9.59 Å². The average molecular weight is 338 g/mol. The molecule has 2 rings (SSSR count). The molecule has 2 N–H and O–H groups in total. The van der Waals surface area contributed by atoms with Crippen LogP contribution in [0, 0.1) is 11.3 Å². The molecular weight excluding hydrogens is 304 g/mol. The molecule has 0 aliphatic carbocycles. The second kappa shape index (κ2) is 8.30. The molecule has 6 nitrogen and oxygen atoms in total. The first-order chi connectivity index (χ1) is 11.3. The smallest absolute Gasteiger partial charge is 0.239 e. The SMILES string of the molecule is CN(C)CC(C)(C)CNC(=O)C1CCN(C(=O)C2CCCN2)CC1. The Morgan fingerprint density at radius 1 is 1.21 bits per heavy atom. The zero-order valence-corrected chi connectivity index (χ0v) is 15.7. The molecule has 2 aliphatic heterocycles. The van der Waals surface area contributed by atoms with Crippen molar-refractivity contribution < 1.29 is 9.59 Å². The minimum Gasteiger partial charge on any atom is -0.355 e. The van der Waals surface area contributed by atoms with E-state index in [2.05, 4.69) is 43.5 Å². The van der Waals surface area contributed by atoms with Gasteiger partial charge in [-0.1, -0.05) is 13.8 Å². The lowest BCUT2D eigenvalue weighted by Crippen LogP contribution is -2.49. The summed E-state index contributed by atoms with van der Waals surface area (Å²) in [5.41, 5.74) is 0.0595. The summed E-state index contributed by atoms with van der Waals surface area (Å²) in [6, 6.07) is 0.00205.